The van der Waals surface area contributed by atoms with Crippen molar-refractivity contribution in [3.8, 4) is 11.1 Å². The number of aromatic nitrogens is 2. The molecule has 5 nitrogen and oxygen atoms in total. The van der Waals surface area contributed by atoms with Crippen LogP contribution in [0.1, 0.15) is 41.4 Å². The molecule has 1 amide bonds. The lowest BCUT2D eigenvalue weighted by atomic mass is 9.99. The lowest BCUT2D eigenvalue weighted by Crippen LogP contribution is -2.22. The number of aryl methyl sites for hydroxylation is 1. The van der Waals surface area contributed by atoms with Gasteiger partial charge in [0.1, 0.15) is 11.6 Å². The third-order valence-corrected chi connectivity index (χ3v) is 6.35. The van der Waals surface area contributed by atoms with Crippen LogP contribution in [0.4, 0.5) is 10.2 Å². The van der Waals surface area contributed by atoms with Gasteiger partial charge in [0, 0.05) is 53.6 Å². The lowest BCUT2D eigenvalue weighted by molar-refractivity contribution is 0.0787. The minimum atomic E-state index is -0.259. The number of hydrogen-bond acceptors (Lipinski definition) is 3. The summed E-state index contributed by atoms with van der Waals surface area (Å²) in [5.41, 5.74) is 4.97. The minimum absolute atomic E-state index is 0.0337. The first kappa shape index (κ1) is 20.2. The van der Waals surface area contributed by atoms with Crippen molar-refractivity contribution in [3.63, 3.8) is 0 Å². The Kier molecular flexibility index (Phi) is 4.93. The number of fused-ring (bicyclic) bond motifs is 2. The summed E-state index contributed by atoms with van der Waals surface area (Å²) in [4.78, 5) is 18.7. The van der Waals surface area contributed by atoms with Crippen LogP contribution in [0, 0.1) is 5.82 Å². The fourth-order valence-corrected chi connectivity index (χ4v) is 4.44. The summed E-state index contributed by atoms with van der Waals surface area (Å²) >= 11 is 0. The highest BCUT2D eigenvalue weighted by Crippen LogP contribution is 2.32. The fourth-order valence-electron chi connectivity index (χ4n) is 4.44. The maximum absolute atomic E-state index is 15.1. The number of nitrogens with zero attached hydrogens (tertiary/aromatic N) is 3. The van der Waals surface area contributed by atoms with E-state index in [-0.39, 0.29) is 17.8 Å². The largest absolute Gasteiger partial charge is 0.363 e. The Morgan fingerprint density at radius 1 is 1.12 bits per heavy atom. The zero-order valence-corrected chi connectivity index (χ0v) is 18.4. The van der Waals surface area contributed by atoms with Crippen LogP contribution in [-0.2, 0) is 13.6 Å². The molecule has 2 aromatic heterocycles. The average Bonchev–Trinajstić information content (AvgIpc) is 3.33. The molecule has 1 atom stereocenters. The predicted molar refractivity (Wildman–Crippen MR) is 125 cm³/mol. The third-order valence-electron chi connectivity index (χ3n) is 6.35. The highest BCUT2D eigenvalue weighted by molar-refractivity contribution is 5.99. The van der Waals surface area contributed by atoms with E-state index in [0.717, 1.165) is 27.6 Å². The van der Waals surface area contributed by atoms with Crippen LogP contribution in [0.25, 0.3) is 22.0 Å². The van der Waals surface area contributed by atoms with Gasteiger partial charge in [-0.3, -0.25) is 4.79 Å². The molecule has 1 N–H and O–H groups in total. The van der Waals surface area contributed by atoms with Gasteiger partial charge in [-0.1, -0.05) is 18.2 Å². The van der Waals surface area contributed by atoms with E-state index in [2.05, 4.69) is 10.3 Å². The number of carbonyl (C=O) groups excluding carboxylic acids is 1. The quantitative estimate of drug-likeness (QED) is 0.455. The molecule has 0 fully saturated rings. The van der Waals surface area contributed by atoms with Crippen molar-refractivity contribution in [2.24, 2.45) is 7.05 Å². The summed E-state index contributed by atoms with van der Waals surface area (Å²) in [5.74, 6) is 0.453. The second-order valence-corrected chi connectivity index (χ2v) is 8.31. The Morgan fingerprint density at radius 3 is 2.75 bits per heavy atom. The zero-order valence-electron chi connectivity index (χ0n) is 18.4. The molecule has 2 aromatic carbocycles. The second-order valence-electron chi connectivity index (χ2n) is 8.31. The molecule has 0 saturated carbocycles. The van der Waals surface area contributed by atoms with Gasteiger partial charge in [-0.15, -0.1) is 0 Å². The van der Waals surface area contributed by atoms with Gasteiger partial charge in [-0.25, -0.2) is 9.37 Å². The monoisotopic (exact) mass is 428 g/mol. The van der Waals surface area contributed by atoms with Crippen molar-refractivity contribution in [1.82, 2.24) is 14.5 Å². The van der Waals surface area contributed by atoms with Gasteiger partial charge in [0.25, 0.3) is 5.91 Å². The van der Waals surface area contributed by atoms with E-state index in [9.17, 15) is 4.79 Å². The van der Waals surface area contributed by atoms with Crippen molar-refractivity contribution in [2.75, 3.05) is 11.9 Å². The molecule has 1 aliphatic heterocycles. The van der Waals surface area contributed by atoms with Crippen LogP contribution in [0.2, 0.25) is 0 Å². The number of hydrogen-bond donors (Lipinski definition) is 1. The Balaban J connectivity index is 1.41. The van der Waals surface area contributed by atoms with Crippen LogP contribution in [0.15, 0.2) is 60.9 Å². The van der Waals surface area contributed by atoms with Gasteiger partial charge in [-0.05, 0) is 55.3 Å². The fraction of sp³-hybridized carbons (Fsp3) is 0.231. The molecular formula is C26H25FN4O. The van der Waals surface area contributed by atoms with Crippen LogP contribution < -0.4 is 5.32 Å². The summed E-state index contributed by atoms with van der Waals surface area (Å²) in [6.07, 6.45) is 3.65. The summed E-state index contributed by atoms with van der Waals surface area (Å²) in [7, 11) is 2.00. The summed E-state index contributed by atoms with van der Waals surface area (Å²) < 4.78 is 17.2. The summed E-state index contributed by atoms with van der Waals surface area (Å²) in [5, 5.41) is 4.46. The van der Waals surface area contributed by atoms with E-state index in [1.54, 1.807) is 23.2 Å². The number of carbonyl (C=O) groups is 1. The van der Waals surface area contributed by atoms with E-state index in [0.29, 0.717) is 30.0 Å². The Morgan fingerprint density at radius 2 is 1.97 bits per heavy atom. The van der Waals surface area contributed by atoms with Crippen molar-refractivity contribution in [1.29, 1.82) is 0 Å². The van der Waals surface area contributed by atoms with Gasteiger partial charge in [-0.2, -0.15) is 0 Å². The lowest BCUT2D eigenvalue weighted by Gasteiger charge is -2.18. The molecule has 0 aliphatic carbocycles. The van der Waals surface area contributed by atoms with Gasteiger partial charge in [0.05, 0.1) is 12.6 Å². The van der Waals surface area contributed by atoms with Gasteiger partial charge in [0.2, 0.25) is 0 Å². The van der Waals surface area contributed by atoms with Crippen molar-refractivity contribution < 1.29 is 9.18 Å². The smallest absolute Gasteiger partial charge is 0.254 e. The Labute approximate surface area is 186 Å². The van der Waals surface area contributed by atoms with Gasteiger partial charge < -0.3 is 14.8 Å². The van der Waals surface area contributed by atoms with E-state index < -0.39 is 0 Å². The summed E-state index contributed by atoms with van der Waals surface area (Å²) in [6, 6.07) is 15.0. The number of anilines is 1. The van der Waals surface area contributed by atoms with Crippen LogP contribution in [-0.4, -0.2) is 26.9 Å². The van der Waals surface area contributed by atoms with Gasteiger partial charge >= 0.3 is 0 Å². The number of rotatable bonds is 5. The molecule has 4 aromatic rings. The molecule has 0 saturated heterocycles. The topological polar surface area (TPSA) is 50.2 Å². The number of benzene rings is 2. The van der Waals surface area contributed by atoms with Crippen LogP contribution >= 0.6 is 0 Å². The molecular weight excluding hydrogens is 403 g/mol. The zero-order chi connectivity index (χ0) is 22.4. The molecule has 1 aliphatic rings. The number of halogens is 1. The Bertz CT molecular complexity index is 1340. The normalized spacial score (nSPS) is 14.1. The molecule has 1 unspecified atom stereocenters. The molecule has 32 heavy (non-hydrogen) atoms. The first-order valence-corrected chi connectivity index (χ1v) is 10.8. The highest BCUT2D eigenvalue weighted by Gasteiger charge is 2.29. The van der Waals surface area contributed by atoms with Crippen LogP contribution in [0.3, 0.4) is 0 Å². The highest BCUT2D eigenvalue weighted by atomic mass is 19.1. The number of nitrogens with one attached hydrogen (secondary N) is 1. The maximum atomic E-state index is 15.1. The molecule has 0 bridgehead atoms. The van der Waals surface area contributed by atoms with Crippen molar-refractivity contribution >= 4 is 22.6 Å². The molecule has 5 rings (SSSR count). The van der Waals surface area contributed by atoms with E-state index in [1.165, 1.54) is 0 Å². The molecule has 0 spiro atoms. The third kappa shape index (κ3) is 3.32. The SMILES string of the molecule is CCN1Cc2c(ccnc2NC(C)c2ccc(-c3ccc4c(ccn4C)c3)c(F)c2)C1=O. The number of pyridine rings is 1. The van der Waals surface area contributed by atoms with Gasteiger partial charge in [0.15, 0.2) is 0 Å². The van der Waals surface area contributed by atoms with E-state index in [1.807, 2.05) is 68.1 Å². The van der Waals surface area contributed by atoms with E-state index >= 15 is 4.39 Å². The predicted octanol–water partition coefficient (Wildman–Crippen LogP) is 5.53. The minimum Gasteiger partial charge on any atom is -0.363 e. The average molecular weight is 429 g/mol. The Hall–Kier alpha value is -3.67. The first-order chi connectivity index (χ1) is 15.5. The van der Waals surface area contributed by atoms with Crippen molar-refractivity contribution in [2.45, 2.75) is 26.4 Å². The van der Waals surface area contributed by atoms with Crippen LogP contribution in [0.5, 0.6) is 0 Å². The first-order valence-electron chi connectivity index (χ1n) is 10.8. The standard InChI is InChI=1S/C26H25FN4O/c1-4-31-15-22-21(26(31)32)9-11-28-25(22)29-16(2)17-5-7-20(23(27)14-17)18-6-8-24-19(13-18)10-12-30(24)3/h5-14,16H,4,15H2,1-3H3,(H,28,29). The molecule has 0 radical (unpaired) electrons. The second kappa shape index (κ2) is 7.79. The molecule has 3 heterocycles. The molecule has 6 heteroatoms. The summed E-state index contributed by atoms with van der Waals surface area (Å²) in [6.45, 7) is 5.14. The molecule has 162 valence electrons. The number of amides is 1. The van der Waals surface area contributed by atoms with E-state index in [4.69, 9.17) is 0 Å². The maximum Gasteiger partial charge on any atom is 0.254 e. The van der Waals surface area contributed by atoms with Crippen molar-refractivity contribution in [3.05, 3.63) is 83.4 Å².